The summed E-state index contributed by atoms with van der Waals surface area (Å²) in [4.78, 5) is 9.56. The molecule has 1 atom stereocenters. The van der Waals surface area contributed by atoms with Crippen molar-refractivity contribution >= 4 is 6.29 Å². The van der Waals surface area contributed by atoms with Crippen molar-refractivity contribution in [2.24, 2.45) is 0 Å². The quantitative estimate of drug-likeness (QED) is 0.375. The predicted octanol–water partition coefficient (Wildman–Crippen LogP) is -0.445. The van der Waals surface area contributed by atoms with Crippen molar-refractivity contribution < 1.29 is 4.79 Å². The highest BCUT2D eigenvalue weighted by molar-refractivity contribution is 5.57. The third kappa shape index (κ3) is 2.77. The van der Waals surface area contributed by atoms with Gasteiger partial charge in [0.1, 0.15) is 0 Å². The van der Waals surface area contributed by atoms with Crippen LogP contribution < -0.4 is 5.32 Å². The van der Waals surface area contributed by atoms with Crippen LogP contribution >= 0.6 is 0 Å². The Labute approximate surface area is 41.9 Å². The smallest absolute Gasteiger partial charge is 0.223 e. The van der Waals surface area contributed by atoms with E-state index in [0.717, 1.165) is 0 Å². The Balaban J connectivity index is 3.21. The van der Waals surface area contributed by atoms with Crippen molar-refractivity contribution in [2.45, 2.75) is 13.0 Å². The fraction of sp³-hybridized carbons (Fsp3) is 0.500. The van der Waals surface area contributed by atoms with Gasteiger partial charge in [-0.2, -0.15) is 5.26 Å². The predicted molar refractivity (Wildman–Crippen MR) is 23.9 cm³/mol. The molecule has 0 amide bonds. The molecule has 37 valence electrons. The lowest BCUT2D eigenvalue weighted by Crippen LogP contribution is -2.21. The Morgan fingerprint density at radius 1 is 1.86 bits per heavy atom. The number of hydrogen-bond acceptors (Lipinski definition) is 3. The molecule has 0 aliphatic rings. The van der Waals surface area contributed by atoms with E-state index < -0.39 is 6.04 Å². The second-order valence-corrected chi connectivity index (χ2v) is 1.10. The first kappa shape index (κ1) is 5.96. The lowest BCUT2D eigenvalue weighted by atomic mass is 10.4. The monoisotopic (exact) mass is 97.0 g/mol. The van der Waals surface area contributed by atoms with Gasteiger partial charge in [0.15, 0.2) is 6.19 Å². The highest BCUT2D eigenvalue weighted by atomic mass is 16.1. The van der Waals surface area contributed by atoms with Crippen LogP contribution in [0.25, 0.3) is 0 Å². The zero-order chi connectivity index (χ0) is 5.70. The SMILES string of the molecule is CC([C]=O)NC#N. The van der Waals surface area contributed by atoms with Gasteiger partial charge in [-0.05, 0) is 6.92 Å². The summed E-state index contributed by atoms with van der Waals surface area (Å²) in [6.07, 6.45) is 3.19. The molecule has 1 radical (unpaired) electrons. The second-order valence-electron chi connectivity index (χ2n) is 1.10. The second kappa shape index (κ2) is 3.16. The topological polar surface area (TPSA) is 52.9 Å². The number of rotatable bonds is 2. The summed E-state index contributed by atoms with van der Waals surface area (Å²) in [5, 5.41) is 10.0. The highest BCUT2D eigenvalue weighted by Crippen LogP contribution is 1.66. The van der Waals surface area contributed by atoms with Gasteiger partial charge in [0.25, 0.3) is 0 Å². The summed E-state index contributed by atoms with van der Waals surface area (Å²) in [7, 11) is 0. The minimum Gasteiger partial charge on any atom is -0.313 e. The van der Waals surface area contributed by atoms with Crippen LogP contribution in [-0.4, -0.2) is 12.3 Å². The molecule has 0 aliphatic heterocycles. The number of carbonyl (C=O) groups excluding carboxylic acids is 1. The fourth-order valence-electron chi connectivity index (χ4n) is 0.126. The van der Waals surface area contributed by atoms with Crippen LogP contribution in [0.1, 0.15) is 6.92 Å². The van der Waals surface area contributed by atoms with E-state index in [1.165, 1.54) is 0 Å². The first-order chi connectivity index (χ1) is 3.31. The lowest BCUT2D eigenvalue weighted by molar-refractivity contribution is 0.539. The molecule has 0 aromatic carbocycles. The molecule has 0 aliphatic carbocycles. The molecule has 0 fully saturated rings. The molecule has 1 N–H and O–H groups in total. The fourth-order valence-corrected chi connectivity index (χ4v) is 0.126. The number of hydrogen-bond donors (Lipinski definition) is 1. The molecular weight excluding hydrogens is 92.1 g/mol. The maximum Gasteiger partial charge on any atom is 0.223 e. The number of nitriles is 1. The van der Waals surface area contributed by atoms with E-state index in [2.05, 4.69) is 5.32 Å². The van der Waals surface area contributed by atoms with Gasteiger partial charge in [-0.25, -0.2) is 0 Å². The minimum absolute atomic E-state index is 0.468. The Kier molecular flexibility index (Phi) is 2.69. The number of nitrogens with one attached hydrogen (secondary N) is 1. The lowest BCUT2D eigenvalue weighted by Gasteiger charge is -1.91. The Morgan fingerprint density at radius 3 is 2.57 bits per heavy atom. The van der Waals surface area contributed by atoms with E-state index in [1.807, 2.05) is 0 Å². The molecule has 0 spiro atoms. The molecular formula is C4H5N2O. The van der Waals surface area contributed by atoms with E-state index in [4.69, 9.17) is 5.26 Å². The Hall–Kier alpha value is -1.04. The molecule has 3 nitrogen and oxygen atoms in total. The first-order valence-corrected chi connectivity index (χ1v) is 1.83. The zero-order valence-corrected chi connectivity index (χ0v) is 3.93. The van der Waals surface area contributed by atoms with Gasteiger partial charge in [-0.15, -0.1) is 0 Å². The van der Waals surface area contributed by atoms with E-state index in [-0.39, 0.29) is 0 Å². The standard InChI is InChI=1S/C4H5N2O/c1-4(2-7)6-3-5/h4,6H,1H3. The van der Waals surface area contributed by atoms with Gasteiger partial charge < -0.3 is 5.32 Å². The van der Waals surface area contributed by atoms with Gasteiger partial charge in [-0.1, -0.05) is 0 Å². The van der Waals surface area contributed by atoms with E-state index in [1.54, 1.807) is 19.4 Å². The number of nitrogens with zero attached hydrogens (tertiary/aromatic N) is 1. The van der Waals surface area contributed by atoms with Crippen molar-refractivity contribution in [3.63, 3.8) is 0 Å². The summed E-state index contributed by atoms with van der Waals surface area (Å²) in [5.41, 5.74) is 0. The van der Waals surface area contributed by atoms with Crippen LogP contribution in [0.5, 0.6) is 0 Å². The van der Waals surface area contributed by atoms with Crippen LogP contribution in [0.3, 0.4) is 0 Å². The third-order valence-electron chi connectivity index (χ3n) is 0.458. The van der Waals surface area contributed by atoms with Gasteiger partial charge in [-0.3, -0.25) is 4.79 Å². The molecule has 0 saturated carbocycles. The summed E-state index contributed by atoms with van der Waals surface area (Å²) in [6, 6.07) is -0.468. The van der Waals surface area contributed by atoms with Gasteiger partial charge in [0.2, 0.25) is 6.29 Å². The average molecular weight is 97.1 g/mol. The van der Waals surface area contributed by atoms with E-state index >= 15 is 0 Å². The summed E-state index contributed by atoms with van der Waals surface area (Å²) < 4.78 is 0. The molecule has 0 aromatic rings. The summed E-state index contributed by atoms with van der Waals surface area (Å²) in [5.74, 6) is 0. The normalized spacial score (nSPS) is 11.4. The molecule has 0 bridgehead atoms. The van der Waals surface area contributed by atoms with E-state index in [9.17, 15) is 4.79 Å². The highest BCUT2D eigenvalue weighted by Gasteiger charge is 1.92. The zero-order valence-electron chi connectivity index (χ0n) is 3.93. The van der Waals surface area contributed by atoms with Crippen molar-refractivity contribution in [1.82, 2.24) is 5.32 Å². The Morgan fingerprint density at radius 2 is 2.43 bits per heavy atom. The Bertz CT molecular complexity index is 94.4. The molecule has 7 heavy (non-hydrogen) atoms. The van der Waals surface area contributed by atoms with Crippen LogP contribution in [0.15, 0.2) is 0 Å². The van der Waals surface area contributed by atoms with Gasteiger partial charge in [0.05, 0.1) is 6.04 Å². The molecule has 0 heterocycles. The van der Waals surface area contributed by atoms with Gasteiger partial charge in [0, 0.05) is 0 Å². The van der Waals surface area contributed by atoms with Crippen molar-refractivity contribution in [3.05, 3.63) is 0 Å². The van der Waals surface area contributed by atoms with Crippen molar-refractivity contribution in [1.29, 1.82) is 5.26 Å². The first-order valence-electron chi connectivity index (χ1n) is 1.83. The molecule has 1 unspecified atom stereocenters. The maximum atomic E-state index is 9.56. The molecule has 0 rings (SSSR count). The largest absolute Gasteiger partial charge is 0.313 e. The average Bonchev–Trinajstić information content (AvgIpc) is 1.68. The van der Waals surface area contributed by atoms with Crippen LogP contribution in [0.4, 0.5) is 0 Å². The molecule has 3 heteroatoms. The summed E-state index contributed by atoms with van der Waals surface area (Å²) in [6.45, 7) is 1.55. The molecule has 0 aromatic heterocycles. The van der Waals surface area contributed by atoms with Crippen LogP contribution in [0.2, 0.25) is 0 Å². The van der Waals surface area contributed by atoms with Crippen LogP contribution in [0, 0.1) is 11.5 Å². The minimum atomic E-state index is -0.468. The van der Waals surface area contributed by atoms with Crippen LogP contribution in [-0.2, 0) is 4.79 Å². The maximum absolute atomic E-state index is 9.56. The van der Waals surface area contributed by atoms with Gasteiger partial charge >= 0.3 is 0 Å². The summed E-state index contributed by atoms with van der Waals surface area (Å²) >= 11 is 0. The van der Waals surface area contributed by atoms with Crippen molar-refractivity contribution in [2.75, 3.05) is 0 Å². The molecule has 0 saturated heterocycles. The van der Waals surface area contributed by atoms with E-state index in [0.29, 0.717) is 0 Å². The van der Waals surface area contributed by atoms with Crippen molar-refractivity contribution in [3.8, 4) is 6.19 Å². The third-order valence-corrected chi connectivity index (χ3v) is 0.458.